The average molecular weight is 212 g/mol. The smallest absolute Gasteiger partial charge is 0.127 e. The molecule has 0 fully saturated rings. The summed E-state index contributed by atoms with van der Waals surface area (Å²) in [5.74, 6) is 0.820. The quantitative estimate of drug-likeness (QED) is 0.648. The third-order valence-corrected chi connectivity index (χ3v) is 4.39. The van der Waals surface area contributed by atoms with Crippen molar-refractivity contribution in [3.05, 3.63) is 10.6 Å². The first-order valence-electron chi connectivity index (χ1n) is 5.37. The van der Waals surface area contributed by atoms with E-state index in [1.54, 1.807) is 0 Å². The van der Waals surface area contributed by atoms with Crippen molar-refractivity contribution in [1.29, 1.82) is 0 Å². The van der Waals surface area contributed by atoms with E-state index in [0.717, 1.165) is 5.92 Å². The molecule has 0 bridgehead atoms. The largest absolute Gasteiger partial charge is 0.364 e. The molecule has 3 heteroatoms. The molecular formula is C11H20N2S. The molecule has 0 amide bonds. The molecule has 14 heavy (non-hydrogen) atoms. The van der Waals surface area contributed by atoms with Gasteiger partial charge in [-0.15, -0.1) is 0 Å². The molecule has 0 saturated carbocycles. The van der Waals surface area contributed by atoms with Crippen LogP contribution in [0, 0.1) is 11.3 Å². The number of thioether (sulfide) groups is 1. The predicted octanol–water partition coefficient (Wildman–Crippen LogP) is 2.62. The Morgan fingerprint density at radius 3 is 2.79 bits per heavy atom. The fourth-order valence-electron chi connectivity index (χ4n) is 2.27. The molecule has 80 valence electrons. The maximum atomic E-state index is 5.86. The lowest BCUT2D eigenvalue weighted by atomic mass is 9.74. The first kappa shape index (κ1) is 10.4. The molecule has 1 heterocycles. The Morgan fingerprint density at radius 1 is 1.43 bits per heavy atom. The molecule has 3 N–H and O–H groups in total. The highest BCUT2D eigenvalue weighted by molar-refractivity contribution is 8.03. The van der Waals surface area contributed by atoms with E-state index in [1.807, 2.05) is 11.8 Å². The van der Waals surface area contributed by atoms with Gasteiger partial charge in [0.1, 0.15) is 5.50 Å². The second kappa shape index (κ2) is 3.46. The number of hydrogen-bond donors (Lipinski definition) is 2. The molecule has 2 atom stereocenters. The summed E-state index contributed by atoms with van der Waals surface area (Å²) in [7, 11) is 0. The van der Waals surface area contributed by atoms with Crippen LogP contribution in [0.4, 0.5) is 0 Å². The van der Waals surface area contributed by atoms with E-state index in [1.165, 1.54) is 29.9 Å². The summed E-state index contributed by atoms with van der Waals surface area (Å²) >= 11 is 1.82. The minimum absolute atomic E-state index is 0.110. The van der Waals surface area contributed by atoms with E-state index in [4.69, 9.17) is 5.73 Å². The number of hydrogen-bond acceptors (Lipinski definition) is 3. The fraction of sp³-hybridized carbons (Fsp3) is 0.818. The highest BCUT2D eigenvalue weighted by atomic mass is 32.2. The molecule has 2 nitrogen and oxygen atoms in total. The molecule has 0 spiro atoms. The lowest BCUT2D eigenvalue weighted by Gasteiger charge is -2.34. The van der Waals surface area contributed by atoms with Crippen molar-refractivity contribution in [2.24, 2.45) is 17.1 Å². The van der Waals surface area contributed by atoms with E-state index < -0.39 is 0 Å². The summed E-state index contributed by atoms with van der Waals surface area (Å²) in [5.41, 5.74) is 7.82. The summed E-state index contributed by atoms with van der Waals surface area (Å²) in [6.45, 7) is 7.03. The second-order valence-electron chi connectivity index (χ2n) is 5.39. The molecule has 0 aromatic heterocycles. The Bertz CT molecular complexity index is 265. The number of nitrogens with one attached hydrogen (secondary N) is 1. The standard InChI is InChI=1S/C11H20N2S/c1-11(2,3)7-4-5-8-9(6-7)14-10(12)13-8/h7,10,13H,4-6,12H2,1-3H3. The van der Waals surface area contributed by atoms with E-state index in [9.17, 15) is 0 Å². The van der Waals surface area contributed by atoms with Crippen LogP contribution in [0.1, 0.15) is 40.0 Å². The van der Waals surface area contributed by atoms with Crippen molar-refractivity contribution >= 4 is 11.8 Å². The average Bonchev–Trinajstić information content (AvgIpc) is 2.41. The van der Waals surface area contributed by atoms with Crippen LogP contribution in [0.15, 0.2) is 10.6 Å². The van der Waals surface area contributed by atoms with Gasteiger partial charge in [-0.3, -0.25) is 0 Å². The molecule has 2 aliphatic rings. The minimum Gasteiger partial charge on any atom is -0.364 e. The zero-order valence-electron chi connectivity index (χ0n) is 9.26. The van der Waals surface area contributed by atoms with Gasteiger partial charge in [-0.05, 0) is 30.6 Å². The Morgan fingerprint density at radius 2 is 2.14 bits per heavy atom. The number of rotatable bonds is 0. The van der Waals surface area contributed by atoms with Crippen LogP contribution in [0.3, 0.4) is 0 Å². The van der Waals surface area contributed by atoms with Gasteiger partial charge >= 0.3 is 0 Å². The zero-order valence-corrected chi connectivity index (χ0v) is 10.1. The van der Waals surface area contributed by atoms with Crippen LogP contribution in [-0.4, -0.2) is 5.50 Å². The topological polar surface area (TPSA) is 38.0 Å². The first-order chi connectivity index (χ1) is 6.47. The first-order valence-corrected chi connectivity index (χ1v) is 6.25. The third-order valence-electron chi connectivity index (χ3n) is 3.32. The van der Waals surface area contributed by atoms with Gasteiger partial charge in [-0.2, -0.15) is 0 Å². The fourth-order valence-corrected chi connectivity index (χ4v) is 3.38. The summed E-state index contributed by atoms with van der Waals surface area (Å²) in [6.07, 6.45) is 3.73. The lowest BCUT2D eigenvalue weighted by molar-refractivity contribution is 0.218. The van der Waals surface area contributed by atoms with Crippen LogP contribution >= 0.6 is 11.8 Å². The summed E-state index contributed by atoms with van der Waals surface area (Å²) in [5, 5.41) is 3.35. The molecule has 0 aromatic rings. The van der Waals surface area contributed by atoms with Gasteiger partial charge in [0, 0.05) is 10.6 Å². The van der Waals surface area contributed by atoms with Crippen LogP contribution in [0.5, 0.6) is 0 Å². The van der Waals surface area contributed by atoms with Gasteiger partial charge in [0.25, 0.3) is 0 Å². The van der Waals surface area contributed by atoms with E-state index in [-0.39, 0.29) is 5.50 Å². The third kappa shape index (κ3) is 1.94. The Balaban J connectivity index is 2.07. The van der Waals surface area contributed by atoms with Crippen molar-refractivity contribution < 1.29 is 0 Å². The van der Waals surface area contributed by atoms with E-state index in [0.29, 0.717) is 5.41 Å². The van der Waals surface area contributed by atoms with Crippen LogP contribution in [0.2, 0.25) is 0 Å². The molecule has 1 aliphatic carbocycles. The Labute approximate surface area is 90.7 Å². The maximum absolute atomic E-state index is 5.86. The number of nitrogens with two attached hydrogens (primary N) is 1. The van der Waals surface area contributed by atoms with Crippen LogP contribution < -0.4 is 11.1 Å². The molecule has 1 aliphatic heterocycles. The molecule has 2 unspecified atom stereocenters. The van der Waals surface area contributed by atoms with Gasteiger partial charge in [0.05, 0.1) is 0 Å². The zero-order chi connectivity index (χ0) is 10.3. The van der Waals surface area contributed by atoms with Gasteiger partial charge in [0.2, 0.25) is 0 Å². The molecule has 0 aromatic carbocycles. The molecule has 0 radical (unpaired) electrons. The second-order valence-corrected chi connectivity index (χ2v) is 6.63. The Kier molecular flexibility index (Phi) is 2.56. The maximum Gasteiger partial charge on any atom is 0.127 e. The van der Waals surface area contributed by atoms with Crippen molar-refractivity contribution in [2.75, 3.05) is 0 Å². The number of allylic oxidation sites excluding steroid dienone is 2. The van der Waals surface area contributed by atoms with Gasteiger partial charge in [0.15, 0.2) is 0 Å². The highest BCUT2D eigenvalue weighted by Gasteiger charge is 2.33. The minimum atomic E-state index is 0.110. The summed E-state index contributed by atoms with van der Waals surface area (Å²) in [4.78, 5) is 1.52. The SMILES string of the molecule is CC(C)(C)C1CCC2=C(C1)SC(N)N2. The van der Waals surface area contributed by atoms with Gasteiger partial charge in [-0.25, -0.2) is 0 Å². The van der Waals surface area contributed by atoms with Crippen LogP contribution in [0.25, 0.3) is 0 Å². The van der Waals surface area contributed by atoms with Crippen LogP contribution in [-0.2, 0) is 0 Å². The highest BCUT2D eigenvalue weighted by Crippen LogP contribution is 2.45. The van der Waals surface area contributed by atoms with Crippen molar-refractivity contribution in [2.45, 2.75) is 45.5 Å². The molecule has 0 saturated heterocycles. The molecule has 2 rings (SSSR count). The molecular weight excluding hydrogens is 192 g/mol. The van der Waals surface area contributed by atoms with E-state index in [2.05, 4.69) is 26.1 Å². The lowest BCUT2D eigenvalue weighted by Crippen LogP contribution is -2.30. The van der Waals surface area contributed by atoms with Crippen molar-refractivity contribution in [3.63, 3.8) is 0 Å². The van der Waals surface area contributed by atoms with Crippen molar-refractivity contribution in [3.8, 4) is 0 Å². The summed E-state index contributed by atoms with van der Waals surface area (Å²) in [6, 6.07) is 0. The summed E-state index contributed by atoms with van der Waals surface area (Å²) < 4.78 is 0. The van der Waals surface area contributed by atoms with Gasteiger partial charge < -0.3 is 11.1 Å². The predicted molar refractivity (Wildman–Crippen MR) is 62.5 cm³/mol. The van der Waals surface area contributed by atoms with Crippen molar-refractivity contribution in [1.82, 2.24) is 5.32 Å². The van der Waals surface area contributed by atoms with Gasteiger partial charge in [-0.1, -0.05) is 32.5 Å². The monoisotopic (exact) mass is 212 g/mol. The normalized spacial score (nSPS) is 32.9. The Hall–Kier alpha value is -0.150. The van der Waals surface area contributed by atoms with E-state index >= 15 is 0 Å².